The molecule has 0 aliphatic carbocycles. The lowest BCUT2D eigenvalue weighted by Gasteiger charge is -2.24. The van der Waals surface area contributed by atoms with Crippen LogP contribution in [0.5, 0.6) is 5.75 Å². The van der Waals surface area contributed by atoms with E-state index in [2.05, 4.69) is 0 Å². The molecule has 5 rings (SSSR count). The van der Waals surface area contributed by atoms with Gasteiger partial charge in [-0.3, -0.25) is 0 Å². The van der Waals surface area contributed by atoms with E-state index in [9.17, 15) is 55.8 Å². The van der Waals surface area contributed by atoms with Gasteiger partial charge in [-0.2, -0.15) is 25.9 Å². The summed E-state index contributed by atoms with van der Waals surface area (Å²) < 4.78 is 159. The van der Waals surface area contributed by atoms with Gasteiger partial charge in [0.15, 0.2) is 5.75 Å². The van der Waals surface area contributed by atoms with Crippen LogP contribution in [0.4, 0.5) is 17.1 Å². The fourth-order valence-corrected chi connectivity index (χ4v) is 10.6. The second-order valence-corrected chi connectivity index (χ2v) is 19.5. The normalized spacial score (nSPS) is 12.9. The Balaban J connectivity index is 1.47. The Morgan fingerprint density at radius 3 is 1.85 bits per heavy atom. The first kappa shape index (κ1) is 42.1. The molecule has 0 heterocycles. The average Bonchev–Trinajstić information content (AvgIpc) is 3.11. The molecule has 0 radical (unpaired) electrons. The Hall–Kier alpha value is -4.08. The molecule has 0 bridgehead atoms. The first-order valence-corrected chi connectivity index (χ1v) is 21.9. The van der Waals surface area contributed by atoms with E-state index in [0.717, 1.165) is 27.6 Å². The Morgan fingerprint density at radius 1 is 0.636 bits per heavy atom. The van der Waals surface area contributed by atoms with Gasteiger partial charge in [-0.25, -0.2) is 30.0 Å². The second kappa shape index (κ2) is 15.8. The molecule has 0 saturated carbocycles. The van der Waals surface area contributed by atoms with Gasteiger partial charge in [0.1, 0.15) is 9.79 Å². The number of hydrogen-bond acceptors (Lipinski definition) is 9. The summed E-state index contributed by atoms with van der Waals surface area (Å²) in [5, 5.41) is 10.2. The van der Waals surface area contributed by atoms with Crippen LogP contribution in [-0.2, 0) is 59.7 Å². The van der Waals surface area contributed by atoms with Crippen molar-refractivity contribution in [2.75, 3.05) is 0 Å². The molecule has 5 aromatic rings. The molecular weight excluding hydrogens is 856 g/mol. The van der Waals surface area contributed by atoms with Crippen LogP contribution in [-0.4, -0.2) is 48.6 Å². The third kappa shape index (κ3) is 9.49. The second-order valence-electron chi connectivity index (χ2n) is 11.7. The van der Waals surface area contributed by atoms with Crippen LogP contribution in [0.2, 0.25) is 10.0 Å². The lowest BCUT2D eigenvalue weighted by atomic mass is 10.0. The van der Waals surface area contributed by atoms with E-state index in [-0.39, 0.29) is 52.5 Å². The molecule has 21 heteroatoms. The van der Waals surface area contributed by atoms with Crippen LogP contribution in [0.1, 0.15) is 16.7 Å². The predicted molar refractivity (Wildman–Crippen MR) is 195 cm³/mol. The molecule has 2 N–H and O–H groups in total. The van der Waals surface area contributed by atoms with Crippen LogP contribution in [0.15, 0.2) is 129 Å². The maximum Gasteiger partial charge on any atom is 0.501 e. The predicted octanol–water partition coefficient (Wildman–Crippen LogP) is 7.19. The molecule has 55 heavy (non-hydrogen) atoms. The smallest absolute Gasteiger partial charge is 0.501 e. The van der Waals surface area contributed by atoms with E-state index in [1.165, 1.54) is 24.3 Å². The van der Waals surface area contributed by atoms with Gasteiger partial charge in [0.05, 0.1) is 14.8 Å². The van der Waals surface area contributed by atoms with Crippen molar-refractivity contribution in [1.29, 1.82) is 0 Å². The monoisotopic (exact) mass is 880 g/mol. The van der Waals surface area contributed by atoms with Crippen LogP contribution in [0.3, 0.4) is 0 Å². The summed E-state index contributed by atoms with van der Waals surface area (Å²) in [6.45, 7) is -1.33. The molecule has 0 amide bonds. The van der Waals surface area contributed by atoms with Crippen LogP contribution in [0.25, 0.3) is 11.1 Å². The molecule has 5 aromatic carbocycles. The van der Waals surface area contributed by atoms with Gasteiger partial charge < -0.3 is 5.11 Å². The van der Waals surface area contributed by atoms with E-state index >= 15 is 0 Å². The van der Waals surface area contributed by atoms with Crippen LogP contribution >= 0.6 is 23.2 Å². The number of benzene rings is 5. The molecular formula is C34H26Cl2F4N2O9S4. The third-order valence-electron chi connectivity index (χ3n) is 7.93. The molecule has 11 nitrogen and oxygen atoms in total. The van der Waals surface area contributed by atoms with E-state index in [4.69, 9.17) is 23.2 Å². The molecule has 0 aliphatic heterocycles. The third-order valence-corrected chi connectivity index (χ3v) is 14.2. The number of rotatable bonds is 13. The summed E-state index contributed by atoms with van der Waals surface area (Å²) in [5.74, 6) is -0.761. The van der Waals surface area contributed by atoms with Gasteiger partial charge in [0.2, 0.25) is 20.0 Å². The van der Waals surface area contributed by atoms with Crippen molar-refractivity contribution in [3.63, 3.8) is 0 Å². The van der Waals surface area contributed by atoms with E-state index < -0.39 is 77.5 Å². The Bertz CT molecular complexity index is 2700. The van der Waals surface area contributed by atoms with Gasteiger partial charge in [0, 0.05) is 24.7 Å². The highest BCUT2D eigenvalue weighted by Crippen LogP contribution is 2.38. The zero-order valence-electron chi connectivity index (χ0n) is 27.6. The zero-order chi connectivity index (χ0) is 40.6. The van der Waals surface area contributed by atoms with E-state index in [0.29, 0.717) is 5.56 Å². The Kier molecular flexibility index (Phi) is 12.1. The minimum atomic E-state index is -6.51. The van der Waals surface area contributed by atoms with Crippen molar-refractivity contribution in [2.24, 2.45) is 0 Å². The lowest BCUT2D eigenvalue weighted by Crippen LogP contribution is -2.30. The molecule has 0 unspecified atom stereocenters. The number of hydrogen-bond donors (Lipinski definition) is 2. The summed E-state index contributed by atoms with van der Waals surface area (Å²) >= 11 is 12.1. The first-order chi connectivity index (χ1) is 25.5. The minimum Gasteiger partial charge on any atom is -0.505 e. The van der Waals surface area contributed by atoms with Gasteiger partial charge in [-0.15, -0.1) is 3.89 Å². The van der Waals surface area contributed by atoms with E-state index in [1.807, 2.05) is 35.1 Å². The molecule has 0 saturated heterocycles. The number of sulfone groups is 1. The molecule has 0 aliphatic rings. The maximum atomic E-state index is 14.1. The van der Waals surface area contributed by atoms with Crippen molar-refractivity contribution in [3.8, 4) is 16.9 Å². The molecule has 0 fully saturated rings. The van der Waals surface area contributed by atoms with Crippen LogP contribution in [0, 0.1) is 0 Å². The van der Waals surface area contributed by atoms with Crippen molar-refractivity contribution >= 4 is 63.3 Å². The maximum absolute atomic E-state index is 14.1. The topological polar surface area (TPSA) is 172 Å². The highest BCUT2D eigenvalue weighted by atomic mass is 35.5. The summed E-state index contributed by atoms with van der Waals surface area (Å²) in [6, 6.07) is 24.3. The van der Waals surface area contributed by atoms with Crippen LogP contribution < -0.4 is 4.72 Å². The zero-order valence-corrected chi connectivity index (χ0v) is 32.4. The Labute approximate surface area is 324 Å². The lowest BCUT2D eigenvalue weighted by molar-refractivity contribution is -0.0437. The highest BCUT2D eigenvalue weighted by molar-refractivity contribution is 7.94. The minimum absolute atomic E-state index is 0.0880. The number of halogens is 6. The van der Waals surface area contributed by atoms with Gasteiger partial charge in [-0.1, -0.05) is 102 Å². The number of alkyl halides is 3. The summed E-state index contributed by atoms with van der Waals surface area (Å²) in [4.78, 5) is -5.67. The quantitative estimate of drug-likeness (QED) is 0.0918. The highest BCUT2D eigenvalue weighted by Gasteiger charge is 2.49. The standard InChI is InChI=1S/C34H26Cl2F4N2O9S4/c35-27-16-29(36)33(43)32(17-27)55(50,51)42(20-22-9-11-26(12-10-22)25-7-2-1-3-8-25)21-24-6-4-5-23(15-24)19-41-54(48,49)30-14-13-28(53(40,46)47)18-31(30)52(44,45)34(37,38)39/h1-18,41,43H,19-21H2. The average molecular weight is 882 g/mol. The first-order valence-electron chi connectivity index (χ1n) is 15.3. The fourth-order valence-electron chi connectivity index (χ4n) is 5.24. The number of aromatic hydroxyl groups is 1. The van der Waals surface area contributed by atoms with Crippen molar-refractivity contribution in [3.05, 3.63) is 136 Å². The van der Waals surface area contributed by atoms with E-state index in [1.54, 1.807) is 24.3 Å². The summed E-state index contributed by atoms with van der Waals surface area (Å²) in [5.41, 5.74) is -3.44. The number of phenolic OH excluding ortho intramolecular Hbond substituents is 1. The van der Waals surface area contributed by atoms with Crippen molar-refractivity contribution in [2.45, 2.75) is 44.7 Å². The summed E-state index contributed by atoms with van der Waals surface area (Å²) in [6.07, 6.45) is 0. The molecule has 0 aromatic heterocycles. The summed E-state index contributed by atoms with van der Waals surface area (Å²) in [7, 11) is -22.0. The largest absolute Gasteiger partial charge is 0.505 e. The number of nitrogens with one attached hydrogen (secondary N) is 1. The Morgan fingerprint density at radius 2 is 1.24 bits per heavy atom. The number of nitrogens with zero attached hydrogens (tertiary/aromatic N) is 1. The SMILES string of the molecule is O=S(=O)(F)c1ccc(S(=O)(=O)NCc2cccc(CN(Cc3ccc(-c4ccccc4)cc3)S(=O)(=O)c3cc(Cl)cc(Cl)c3O)c2)c(S(=O)(=O)C(F)(F)F)c1. The number of sulfonamides is 2. The van der Waals surface area contributed by atoms with Gasteiger partial charge in [0.25, 0.3) is 9.84 Å². The molecule has 0 atom stereocenters. The van der Waals surface area contributed by atoms with Crippen molar-refractivity contribution < 1.29 is 55.8 Å². The van der Waals surface area contributed by atoms with Gasteiger partial charge >= 0.3 is 15.7 Å². The molecule has 292 valence electrons. The number of phenols is 1. The fraction of sp³-hybridized carbons (Fsp3) is 0.118. The van der Waals surface area contributed by atoms with Crippen molar-refractivity contribution in [1.82, 2.24) is 9.03 Å². The van der Waals surface area contributed by atoms with Gasteiger partial charge in [-0.05, 0) is 58.1 Å². The molecule has 0 spiro atoms.